The first kappa shape index (κ1) is 14.5. The molecule has 4 heteroatoms. The lowest BCUT2D eigenvalue weighted by molar-refractivity contribution is -0.124. The largest absolute Gasteiger partial charge is 0.377 e. The van der Waals surface area contributed by atoms with E-state index in [2.05, 4.69) is 6.92 Å². The monoisotopic (exact) mass is 288 g/mol. The number of hydrogen-bond acceptors (Lipinski definition) is 3. The van der Waals surface area contributed by atoms with Gasteiger partial charge in [-0.1, -0.05) is 25.1 Å². The van der Waals surface area contributed by atoms with E-state index < -0.39 is 0 Å². The number of carbonyl (C=O) groups is 1. The van der Waals surface area contributed by atoms with Gasteiger partial charge in [0.1, 0.15) is 0 Å². The van der Waals surface area contributed by atoms with Crippen molar-refractivity contribution in [3.05, 3.63) is 29.8 Å². The molecule has 1 aromatic carbocycles. The molecule has 1 fully saturated rings. The molecule has 0 radical (unpaired) electrons. The molecule has 21 heavy (non-hydrogen) atoms. The summed E-state index contributed by atoms with van der Waals surface area (Å²) in [5.74, 6) is 0.207. The lowest BCUT2D eigenvalue weighted by Gasteiger charge is -2.28. The topological polar surface area (TPSA) is 55.6 Å². The van der Waals surface area contributed by atoms with Gasteiger partial charge in [0.05, 0.1) is 12.0 Å². The summed E-state index contributed by atoms with van der Waals surface area (Å²) in [6, 6.07) is 8.09. The number of nitrogens with two attached hydrogens (primary N) is 1. The maximum absolute atomic E-state index is 13.0. The molecular formula is C17H24N2O2. The second kappa shape index (κ2) is 6.16. The highest BCUT2D eigenvalue weighted by Crippen LogP contribution is 2.34. The fourth-order valence-corrected chi connectivity index (χ4v) is 3.55. The van der Waals surface area contributed by atoms with E-state index in [9.17, 15) is 4.79 Å². The third kappa shape index (κ3) is 2.70. The van der Waals surface area contributed by atoms with Gasteiger partial charge in [-0.05, 0) is 37.3 Å². The van der Waals surface area contributed by atoms with E-state index in [4.69, 9.17) is 10.5 Å². The molecule has 1 amide bonds. The SMILES string of the molecule is CCC1OCCC1C(=O)N1CCCC(N)c2ccccc21. The summed E-state index contributed by atoms with van der Waals surface area (Å²) >= 11 is 0. The van der Waals surface area contributed by atoms with Crippen LogP contribution in [-0.4, -0.2) is 25.2 Å². The van der Waals surface area contributed by atoms with E-state index in [1.165, 1.54) is 0 Å². The van der Waals surface area contributed by atoms with Gasteiger partial charge in [-0.3, -0.25) is 4.79 Å². The maximum Gasteiger partial charge on any atom is 0.232 e. The van der Waals surface area contributed by atoms with E-state index in [-0.39, 0.29) is 24.0 Å². The van der Waals surface area contributed by atoms with Gasteiger partial charge in [-0.25, -0.2) is 0 Å². The van der Waals surface area contributed by atoms with Crippen LogP contribution in [0.1, 0.15) is 44.2 Å². The third-order valence-corrected chi connectivity index (χ3v) is 4.72. The van der Waals surface area contributed by atoms with Gasteiger partial charge in [-0.2, -0.15) is 0 Å². The Morgan fingerprint density at radius 1 is 1.38 bits per heavy atom. The quantitative estimate of drug-likeness (QED) is 0.910. The molecule has 114 valence electrons. The predicted molar refractivity (Wildman–Crippen MR) is 83.1 cm³/mol. The minimum absolute atomic E-state index is 0.00243. The molecule has 0 spiro atoms. The number of carbonyl (C=O) groups excluding carboxylic acids is 1. The zero-order valence-electron chi connectivity index (χ0n) is 12.6. The van der Waals surface area contributed by atoms with Gasteiger partial charge < -0.3 is 15.4 Å². The first-order chi connectivity index (χ1) is 10.2. The third-order valence-electron chi connectivity index (χ3n) is 4.72. The highest BCUT2D eigenvalue weighted by molar-refractivity contribution is 5.96. The number of rotatable bonds is 2. The van der Waals surface area contributed by atoms with Gasteiger partial charge in [0.2, 0.25) is 5.91 Å². The van der Waals surface area contributed by atoms with Crippen molar-refractivity contribution in [2.75, 3.05) is 18.1 Å². The molecule has 2 N–H and O–H groups in total. The number of benzene rings is 1. The van der Waals surface area contributed by atoms with Gasteiger partial charge in [0.15, 0.2) is 0 Å². The van der Waals surface area contributed by atoms with Crippen molar-refractivity contribution in [1.82, 2.24) is 0 Å². The summed E-state index contributed by atoms with van der Waals surface area (Å²) < 4.78 is 5.69. The molecule has 0 aromatic heterocycles. The number of nitrogens with zero attached hydrogens (tertiary/aromatic N) is 1. The average molecular weight is 288 g/mol. The highest BCUT2D eigenvalue weighted by Gasteiger charge is 2.37. The number of para-hydroxylation sites is 1. The Kier molecular flexibility index (Phi) is 4.27. The summed E-state index contributed by atoms with van der Waals surface area (Å²) in [6.07, 6.45) is 3.68. The van der Waals surface area contributed by atoms with Crippen LogP contribution in [0.25, 0.3) is 0 Å². The van der Waals surface area contributed by atoms with Crippen molar-refractivity contribution >= 4 is 11.6 Å². The lowest BCUT2D eigenvalue weighted by Crippen LogP contribution is -2.40. The van der Waals surface area contributed by atoms with Crippen molar-refractivity contribution < 1.29 is 9.53 Å². The van der Waals surface area contributed by atoms with Crippen molar-refractivity contribution in [2.24, 2.45) is 11.7 Å². The van der Waals surface area contributed by atoms with Crippen LogP contribution < -0.4 is 10.6 Å². The Bertz CT molecular complexity index is 517. The zero-order valence-corrected chi connectivity index (χ0v) is 12.6. The van der Waals surface area contributed by atoms with Crippen molar-refractivity contribution in [1.29, 1.82) is 0 Å². The number of amides is 1. The molecule has 3 atom stereocenters. The van der Waals surface area contributed by atoms with Crippen molar-refractivity contribution in [3.8, 4) is 0 Å². The number of fused-ring (bicyclic) bond motifs is 1. The molecule has 0 saturated carbocycles. The van der Waals surface area contributed by atoms with Gasteiger partial charge >= 0.3 is 0 Å². The predicted octanol–water partition coefficient (Wildman–Crippen LogP) is 2.63. The standard InChI is InChI=1S/C17H24N2O2/c1-2-16-13(9-11-21-16)17(20)19-10-5-7-14(18)12-6-3-4-8-15(12)19/h3-4,6,8,13-14,16H,2,5,7,9-11,18H2,1H3. The molecule has 0 bridgehead atoms. The maximum atomic E-state index is 13.0. The molecule has 0 aliphatic carbocycles. The van der Waals surface area contributed by atoms with Gasteiger partial charge in [0, 0.05) is 24.9 Å². The zero-order chi connectivity index (χ0) is 14.8. The average Bonchev–Trinajstić information content (AvgIpc) is 2.93. The van der Waals surface area contributed by atoms with Crippen LogP contribution in [0.5, 0.6) is 0 Å². The van der Waals surface area contributed by atoms with E-state index in [0.717, 1.165) is 43.5 Å². The van der Waals surface area contributed by atoms with Crippen molar-refractivity contribution in [2.45, 2.75) is 44.8 Å². The minimum atomic E-state index is -0.00243. The number of hydrogen-bond donors (Lipinski definition) is 1. The molecule has 2 heterocycles. The Morgan fingerprint density at radius 2 is 2.19 bits per heavy atom. The molecular weight excluding hydrogens is 264 g/mol. The Morgan fingerprint density at radius 3 is 3.00 bits per heavy atom. The van der Waals surface area contributed by atoms with Crippen LogP contribution in [-0.2, 0) is 9.53 Å². The van der Waals surface area contributed by atoms with Crippen LogP contribution >= 0.6 is 0 Å². The smallest absolute Gasteiger partial charge is 0.232 e. The summed E-state index contributed by atoms with van der Waals surface area (Å²) in [5, 5.41) is 0. The summed E-state index contributed by atoms with van der Waals surface area (Å²) in [6.45, 7) is 3.54. The molecule has 2 aliphatic rings. The number of ether oxygens (including phenoxy) is 1. The molecule has 4 nitrogen and oxygen atoms in total. The molecule has 1 aromatic rings. The molecule has 1 saturated heterocycles. The van der Waals surface area contributed by atoms with Gasteiger partial charge in [-0.15, -0.1) is 0 Å². The lowest BCUT2D eigenvalue weighted by atomic mass is 9.97. The Hall–Kier alpha value is -1.39. The van der Waals surface area contributed by atoms with Crippen molar-refractivity contribution in [3.63, 3.8) is 0 Å². The first-order valence-electron chi connectivity index (χ1n) is 8.00. The van der Waals surface area contributed by atoms with E-state index >= 15 is 0 Å². The minimum Gasteiger partial charge on any atom is -0.377 e. The summed E-state index contributed by atoms with van der Waals surface area (Å²) in [5.41, 5.74) is 8.34. The Balaban J connectivity index is 1.90. The van der Waals surface area contributed by atoms with Crippen LogP contribution in [0.4, 0.5) is 5.69 Å². The van der Waals surface area contributed by atoms with Crippen LogP contribution in [0.15, 0.2) is 24.3 Å². The number of anilines is 1. The fraction of sp³-hybridized carbons (Fsp3) is 0.588. The fourth-order valence-electron chi connectivity index (χ4n) is 3.55. The normalized spacial score (nSPS) is 29.0. The molecule has 3 unspecified atom stereocenters. The van der Waals surface area contributed by atoms with E-state index in [1.54, 1.807) is 0 Å². The Labute approximate surface area is 126 Å². The van der Waals surface area contributed by atoms with Crippen LogP contribution in [0.3, 0.4) is 0 Å². The second-order valence-electron chi connectivity index (χ2n) is 6.01. The summed E-state index contributed by atoms with van der Waals surface area (Å²) in [4.78, 5) is 14.9. The highest BCUT2D eigenvalue weighted by atomic mass is 16.5. The molecule has 3 rings (SSSR count). The van der Waals surface area contributed by atoms with E-state index in [0.29, 0.717) is 6.61 Å². The van der Waals surface area contributed by atoms with Crippen LogP contribution in [0.2, 0.25) is 0 Å². The summed E-state index contributed by atoms with van der Waals surface area (Å²) in [7, 11) is 0. The second-order valence-corrected chi connectivity index (χ2v) is 6.01. The van der Waals surface area contributed by atoms with Crippen LogP contribution in [0, 0.1) is 5.92 Å². The molecule has 2 aliphatic heterocycles. The first-order valence-corrected chi connectivity index (χ1v) is 8.00. The van der Waals surface area contributed by atoms with Gasteiger partial charge in [0.25, 0.3) is 0 Å². The van der Waals surface area contributed by atoms with E-state index in [1.807, 2.05) is 29.2 Å².